The van der Waals surface area contributed by atoms with Gasteiger partial charge in [0.25, 0.3) is 0 Å². The molecular formula is C15H17ClN2O4. The topological polar surface area (TPSA) is 65.7 Å². The summed E-state index contributed by atoms with van der Waals surface area (Å²) in [5.41, 5.74) is 2.29. The molecular weight excluding hydrogens is 308 g/mol. The highest BCUT2D eigenvalue weighted by atomic mass is 35.5. The SMILES string of the molecule is Cc1nn(C)c(Oc2cc(O)c(C3OCCO3)cc2Cl)c1C. The van der Waals surface area contributed by atoms with Crippen molar-refractivity contribution in [3.8, 4) is 17.4 Å². The summed E-state index contributed by atoms with van der Waals surface area (Å²) in [6.07, 6.45) is -0.591. The second-order valence-corrected chi connectivity index (χ2v) is 5.56. The average molecular weight is 325 g/mol. The lowest BCUT2D eigenvalue weighted by Crippen LogP contribution is -2.00. The second-order valence-electron chi connectivity index (χ2n) is 5.16. The number of rotatable bonds is 3. The zero-order valence-corrected chi connectivity index (χ0v) is 13.3. The van der Waals surface area contributed by atoms with E-state index in [-0.39, 0.29) is 5.75 Å². The van der Waals surface area contributed by atoms with Gasteiger partial charge in [-0.1, -0.05) is 11.6 Å². The van der Waals surface area contributed by atoms with Crippen LogP contribution < -0.4 is 4.74 Å². The van der Waals surface area contributed by atoms with Crippen molar-refractivity contribution in [2.45, 2.75) is 20.1 Å². The first-order valence-electron chi connectivity index (χ1n) is 6.91. The van der Waals surface area contributed by atoms with E-state index in [1.54, 1.807) is 17.8 Å². The minimum Gasteiger partial charge on any atom is -0.507 e. The molecule has 1 fully saturated rings. The minimum absolute atomic E-state index is 0.0165. The summed E-state index contributed by atoms with van der Waals surface area (Å²) in [6.45, 7) is 4.81. The molecule has 1 N–H and O–H groups in total. The van der Waals surface area contributed by atoms with Gasteiger partial charge >= 0.3 is 0 Å². The quantitative estimate of drug-likeness (QED) is 0.939. The first-order valence-corrected chi connectivity index (χ1v) is 7.29. The van der Waals surface area contributed by atoms with Crippen molar-refractivity contribution in [3.63, 3.8) is 0 Å². The molecule has 1 aliphatic rings. The normalized spacial score (nSPS) is 15.5. The number of hydrogen-bond donors (Lipinski definition) is 1. The number of aromatic nitrogens is 2. The van der Waals surface area contributed by atoms with Crippen molar-refractivity contribution < 1.29 is 19.3 Å². The zero-order chi connectivity index (χ0) is 15.9. The molecule has 0 spiro atoms. The molecule has 0 aliphatic carbocycles. The zero-order valence-electron chi connectivity index (χ0n) is 12.6. The van der Waals surface area contributed by atoms with Gasteiger partial charge in [-0.25, -0.2) is 4.68 Å². The predicted octanol–water partition coefficient (Wildman–Crippen LogP) is 3.23. The Morgan fingerprint density at radius 3 is 2.59 bits per heavy atom. The van der Waals surface area contributed by atoms with E-state index in [9.17, 15) is 5.11 Å². The maximum Gasteiger partial charge on any atom is 0.220 e. The van der Waals surface area contributed by atoms with Crippen LogP contribution in [0.5, 0.6) is 17.4 Å². The van der Waals surface area contributed by atoms with Crippen molar-refractivity contribution >= 4 is 11.6 Å². The summed E-state index contributed by atoms with van der Waals surface area (Å²) in [4.78, 5) is 0. The fourth-order valence-corrected chi connectivity index (χ4v) is 2.56. The van der Waals surface area contributed by atoms with Gasteiger partial charge in [-0.3, -0.25) is 0 Å². The number of ether oxygens (including phenoxy) is 3. The lowest BCUT2D eigenvalue weighted by molar-refractivity contribution is -0.0454. The third kappa shape index (κ3) is 2.65. The van der Waals surface area contributed by atoms with Gasteiger partial charge in [0.05, 0.1) is 29.5 Å². The lowest BCUT2D eigenvalue weighted by Gasteiger charge is -2.14. The number of halogens is 1. The fraction of sp³-hybridized carbons (Fsp3) is 0.400. The van der Waals surface area contributed by atoms with Crippen LogP contribution in [0.4, 0.5) is 0 Å². The fourth-order valence-electron chi connectivity index (χ4n) is 2.35. The van der Waals surface area contributed by atoms with E-state index < -0.39 is 6.29 Å². The molecule has 6 nitrogen and oxygen atoms in total. The Morgan fingerprint density at radius 2 is 2.00 bits per heavy atom. The molecule has 0 radical (unpaired) electrons. The van der Waals surface area contributed by atoms with Crippen LogP contribution in [-0.4, -0.2) is 28.1 Å². The monoisotopic (exact) mass is 324 g/mol. The number of aryl methyl sites for hydroxylation is 2. The summed E-state index contributed by atoms with van der Waals surface area (Å²) < 4.78 is 18.2. The summed E-state index contributed by atoms with van der Waals surface area (Å²) in [5.74, 6) is 0.953. The third-order valence-electron chi connectivity index (χ3n) is 3.62. The molecule has 1 aliphatic heterocycles. The van der Waals surface area contributed by atoms with Gasteiger partial charge in [-0.15, -0.1) is 0 Å². The molecule has 2 aromatic rings. The first-order chi connectivity index (χ1) is 10.5. The van der Waals surface area contributed by atoms with Crippen LogP contribution in [-0.2, 0) is 16.5 Å². The van der Waals surface area contributed by atoms with Gasteiger partial charge in [0, 0.05) is 18.7 Å². The van der Waals surface area contributed by atoms with Crippen molar-refractivity contribution in [1.29, 1.82) is 0 Å². The van der Waals surface area contributed by atoms with Gasteiger partial charge in [0.15, 0.2) is 12.0 Å². The molecule has 0 atom stereocenters. The summed E-state index contributed by atoms with van der Waals surface area (Å²) in [6, 6.07) is 3.06. The molecule has 0 amide bonds. The van der Waals surface area contributed by atoms with Crippen LogP contribution in [0.15, 0.2) is 12.1 Å². The van der Waals surface area contributed by atoms with E-state index in [4.69, 9.17) is 25.8 Å². The lowest BCUT2D eigenvalue weighted by atomic mass is 10.2. The van der Waals surface area contributed by atoms with Crippen LogP contribution in [0, 0.1) is 13.8 Å². The Morgan fingerprint density at radius 1 is 1.32 bits per heavy atom. The largest absolute Gasteiger partial charge is 0.507 e. The molecule has 2 heterocycles. The Labute approximate surface area is 133 Å². The first kappa shape index (κ1) is 15.1. The Hall–Kier alpha value is -1.76. The third-order valence-corrected chi connectivity index (χ3v) is 3.92. The molecule has 1 aromatic carbocycles. The summed E-state index contributed by atoms with van der Waals surface area (Å²) in [5, 5.41) is 14.8. The molecule has 0 unspecified atom stereocenters. The maximum absolute atomic E-state index is 10.2. The van der Waals surface area contributed by atoms with Crippen molar-refractivity contribution in [3.05, 3.63) is 34.0 Å². The summed E-state index contributed by atoms with van der Waals surface area (Å²) >= 11 is 6.26. The number of hydrogen-bond acceptors (Lipinski definition) is 5. The molecule has 1 aromatic heterocycles. The smallest absolute Gasteiger partial charge is 0.220 e. The highest BCUT2D eigenvalue weighted by Gasteiger charge is 2.24. The van der Waals surface area contributed by atoms with Crippen molar-refractivity contribution in [2.75, 3.05) is 13.2 Å². The molecule has 0 saturated carbocycles. The van der Waals surface area contributed by atoms with Gasteiger partial charge < -0.3 is 19.3 Å². The van der Waals surface area contributed by atoms with Gasteiger partial charge in [0.1, 0.15) is 5.75 Å². The van der Waals surface area contributed by atoms with Crippen molar-refractivity contribution in [2.24, 2.45) is 7.05 Å². The van der Waals surface area contributed by atoms with Gasteiger partial charge in [-0.05, 0) is 19.9 Å². The Kier molecular flexibility index (Phi) is 3.99. The molecule has 0 bridgehead atoms. The highest BCUT2D eigenvalue weighted by Crippen LogP contribution is 2.40. The highest BCUT2D eigenvalue weighted by molar-refractivity contribution is 6.32. The van der Waals surface area contributed by atoms with E-state index in [0.717, 1.165) is 11.3 Å². The Bertz CT molecular complexity index is 708. The van der Waals surface area contributed by atoms with E-state index in [2.05, 4.69) is 5.10 Å². The molecule has 1 saturated heterocycles. The van der Waals surface area contributed by atoms with Crippen LogP contribution >= 0.6 is 11.6 Å². The predicted molar refractivity (Wildman–Crippen MR) is 80.5 cm³/mol. The van der Waals surface area contributed by atoms with Gasteiger partial charge in [0.2, 0.25) is 5.88 Å². The minimum atomic E-state index is -0.591. The average Bonchev–Trinajstić information content (AvgIpc) is 3.07. The molecule has 7 heteroatoms. The Balaban J connectivity index is 1.93. The van der Waals surface area contributed by atoms with Gasteiger partial charge in [-0.2, -0.15) is 5.10 Å². The standard InChI is InChI=1S/C15H17ClN2O4/c1-8-9(2)17-18(3)14(8)22-13-7-12(19)10(6-11(13)16)15-20-4-5-21-15/h6-7,15,19H,4-5H2,1-3H3. The number of phenolic OH excluding ortho intramolecular Hbond substituents is 1. The molecule has 118 valence electrons. The number of phenols is 1. The molecule has 22 heavy (non-hydrogen) atoms. The molecule has 3 rings (SSSR count). The van der Waals surface area contributed by atoms with Crippen LogP contribution in [0.25, 0.3) is 0 Å². The number of benzene rings is 1. The van der Waals surface area contributed by atoms with Crippen LogP contribution in [0.2, 0.25) is 5.02 Å². The maximum atomic E-state index is 10.2. The van der Waals surface area contributed by atoms with Crippen LogP contribution in [0.3, 0.4) is 0 Å². The van der Waals surface area contributed by atoms with E-state index in [0.29, 0.717) is 35.4 Å². The van der Waals surface area contributed by atoms with E-state index in [1.807, 2.05) is 13.8 Å². The van der Waals surface area contributed by atoms with Crippen LogP contribution in [0.1, 0.15) is 23.1 Å². The van der Waals surface area contributed by atoms with E-state index in [1.165, 1.54) is 6.07 Å². The van der Waals surface area contributed by atoms with Crippen molar-refractivity contribution in [1.82, 2.24) is 9.78 Å². The second kappa shape index (κ2) is 5.79. The number of nitrogens with zero attached hydrogens (tertiary/aromatic N) is 2. The van der Waals surface area contributed by atoms with E-state index >= 15 is 0 Å². The number of aromatic hydroxyl groups is 1. The summed E-state index contributed by atoms with van der Waals surface area (Å²) in [7, 11) is 1.79.